The van der Waals surface area contributed by atoms with E-state index >= 15 is 0 Å². The van der Waals surface area contributed by atoms with Crippen LogP contribution in [0, 0.1) is 0 Å². The molecule has 0 bridgehead atoms. The van der Waals surface area contributed by atoms with E-state index in [2.05, 4.69) is 31.2 Å². The summed E-state index contributed by atoms with van der Waals surface area (Å²) in [6, 6.07) is 8.73. The summed E-state index contributed by atoms with van der Waals surface area (Å²) < 4.78 is 1.99. The zero-order chi connectivity index (χ0) is 13.5. The first kappa shape index (κ1) is 17.1. The molecule has 0 unspecified atom stereocenters. The third-order valence-electron chi connectivity index (χ3n) is 3.22. The lowest BCUT2D eigenvalue weighted by atomic mass is 10.1. The molecule has 1 aromatic heterocycles. The third kappa shape index (κ3) is 4.53. The Morgan fingerprint density at radius 3 is 2.60 bits per heavy atom. The Morgan fingerprint density at radius 2 is 1.95 bits per heavy atom. The molecule has 2 nitrogen and oxygen atoms in total. The molecule has 4 heteroatoms. The van der Waals surface area contributed by atoms with Crippen molar-refractivity contribution < 1.29 is 26.3 Å². The predicted octanol–water partition coefficient (Wildman–Crippen LogP) is 0.638. The van der Waals surface area contributed by atoms with E-state index < -0.39 is 0 Å². The molecule has 0 amide bonds. The Kier molecular flexibility index (Phi) is 7.70. The van der Waals surface area contributed by atoms with E-state index in [1.54, 1.807) is 11.3 Å². The maximum absolute atomic E-state index is 10.6. The second kappa shape index (κ2) is 9.03. The first-order chi connectivity index (χ1) is 9.35. The van der Waals surface area contributed by atoms with Crippen molar-refractivity contribution in [2.24, 2.45) is 0 Å². The van der Waals surface area contributed by atoms with Crippen molar-refractivity contribution in [2.75, 3.05) is 0 Å². The Bertz CT molecular complexity index is 522. The topological polar surface area (TPSA) is 20.9 Å². The van der Waals surface area contributed by atoms with Crippen LogP contribution < -0.4 is 21.5 Å². The van der Waals surface area contributed by atoms with Gasteiger partial charge in [-0.15, -0.1) is 0 Å². The summed E-state index contributed by atoms with van der Waals surface area (Å²) in [6.45, 7) is 2.66. The van der Waals surface area contributed by atoms with Crippen molar-refractivity contribution in [1.82, 2.24) is 0 Å². The highest BCUT2D eigenvalue weighted by Gasteiger charge is 2.13. The lowest BCUT2D eigenvalue weighted by Crippen LogP contribution is -3.00. The fourth-order valence-electron chi connectivity index (χ4n) is 2.15. The molecule has 0 saturated carbocycles. The van der Waals surface area contributed by atoms with Crippen molar-refractivity contribution >= 4 is 17.6 Å². The number of rotatable bonds is 7. The average molecular weight is 354 g/mol. The summed E-state index contributed by atoms with van der Waals surface area (Å²) in [5.74, 6) is 0. The molecule has 108 valence electrons. The molecule has 2 rings (SSSR count). The fraction of sp³-hybridized carbons (Fsp3) is 0.375. The molecule has 0 radical (unpaired) electrons. The van der Waals surface area contributed by atoms with Gasteiger partial charge in [-0.05, 0) is 30.5 Å². The number of hydrogen-bond donors (Lipinski definition) is 0. The number of halogens is 1. The number of carbonyl (C=O) groups excluding carboxylic acids is 1. The molecule has 20 heavy (non-hydrogen) atoms. The third-order valence-corrected chi connectivity index (χ3v) is 4.17. The number of thiazole rings is 1. The van der Waals surface area contributed by atoms with Crippen molar-refractivity contribution in [2.45, 2.75) is 39.2 Å². The average Bonchev–Trinajstić information content (AvgIpc) is 2.89. The van der Waals surface area contributed by atoms with Crippen LogP contribution in [0.4, 0.5) is 0 Å². The van der Waals surface area contributed by atoms with Crippen molar-refractivity contribution in [3.8, 4) is 10.6 Å². The number of nitrogens with zero attached hydrogens (tertiary/aromatic N) is 1. The van der Waals surface area contributed by atoms with Gasteiger partial charge in [0.1, 0.15) is 0 Å². The molecule has 2 aromatic rings. The maximum atomic E-state index is 10.6. The summed E-state index contributed by atoms with van der Waals surface area (Å²) >= 11 is 1.67. The molecule has 1 heterocycles. The van der Waals surface area contributed by atoms with Gasteiger partial charge in [0.2, 0.25) is 6.54 Å². The zero-order valence-corrected chi connectivity index (χ0v) is 14.1. The van der Waals surface area contributed by atoms with E-state index in [0.29, 0.717) is 6.54 Å². The molecule has 0 aliphatic rings. The van der Waals surface area contributed by atoms with E-state index in [-0.39, 0.29) is 17.0 Å². The first-order valence-electron chi connectivity index (χ1n) is 6.85. The van der Waals surface area contributed by atoms with Crippen LogP contribution in [0.2, 0.25) is 0 Å². The van der Waals surface area contributed by atoms with Gasteiger partial charge in [0, 0.05) is 0 Å². The summed E-state index contributed by atoms with van der Waals surface area (Å²) in [5.41, 5.74) is 2.59. The van der Waals surface area contributed by atoms with Gasteiger partial charge in [-0.1, -0.05) is 43.2 Å². The van der Waals surface area contributed by atoms with Crippen LogP contribution >= 0.6 is 11.3 Å². The number of benzene rings is 1. The molecule has 0 saturated heterocycles. The molecule has 0 aliphatic carbocycles. The van der Waals surface area contributed by atoms with E-state index in [1.165, 1.54) is 30.4 Å². The number of aryl methyl sites for hydroxylation is 1. The molecule has 0 fully saturated rings. The summed E-state index contributed by atoms with van der Waals surface area (Å²) in [4.78, 5) is 10.6. The molecule has 0 aliphatic heterocycles. The Balaban J connectivity index is 0.00000200. The van der Waals surface area contributed by atoms with Crippen molar-refractivity contribution in [3.63, 3.8) is 0 Å². The zero-order valence-electron chi connectivity index (χ0n) is 11.7. The van der Waals surface area contributed by atoms with Crippen LogP contribution in [0.3, 0.4) is 0 Å². The standard InChI is InChI=1S/C16H20NOS.BrH/c1-2-3-4-5-14-6-8-15(9-7-14)16-17(10-12-18)11-13-19-16;/h6-9,11-13H,2-5,10H2,1H3;1H/q+1;/p-1. The second-order valence-corrected chi connectivity index (χ2v) is 5.58. The first-order valence-corrected chi connectivity index (χ1v) is 7.73. The lowest BCUT2D eigenvalue weighted by Gasteiger charge is -2.01. The summed E-state index contributed by atoms with van der Waals surface area (Å²) in [6.07, 6.45) is 7.89. The minimum Gasteiger partial charge on any atom is -1.00 e. The Morgan fingerprint density at radius 1 is 1.20 bits per heavy atom. The number of unbranched alkanes of at least 4 members (excludes halogenated alkanes) is 2. The van der Waals surface area contributed by atoms with Gasteiger partial charge in [0.05, 0.1) is 10.9 Å². The van der Waals surface area contributed by atoms with E-state index in [0.717, 1.165) is 17.7 Å². The van der Waals surface area contributed by atoms with Crippen LogP contribution in [-0.4, -0.2) is 6.29 Å². The van der Waals surface area contributed by atoms with Gasteiger partial charge in [0.15, 0.2) is 12.5 Å². The van der Waals surface area contributed by atoms with Gasteiger partial charge in [-0.25, -0.2) is 0 Å². The quantitative estimate of drug-likeness (QED) is 0.406. The maximum Gasteiger partial charge on any atom is 0.269 e. The Hall–Kier alpha value is -1.00. The molecule has 0 atom stereocenters. The number of hydrogen-bond acceptors (Lipinski definition) is 2. The highest BCUT2D eigenvalue weighted by Crippen LogP contribution is 2.21. The van der Waals surface area contributed by atoms with Crippen LogP contribution in [0.15, 0.2) is 35.8 Å². The van der Waals surface area contributed by atoms with Gasteiger partial charge >= 0.3 is 0 Å². The van der Waals surface area contributed by atoms with Crippen LogP contribution in [0.25, 0.3) is 10.6 Å². The van der Waals surface area contributed by atoms with Gasteiger partial charge < -0.3 is 17.0 Å². The largest absolute Gasteiger partial charge is 1.00 e. The van der Waals surface area contributed by atoms with Crippen molar-refractivity contribution in [1.29, 1.82) is 0 Å². The van der Waals surface area contributed by atoms with Crippen LogP contribution in [-0.2, 0) is 17.8 Å². The minimum absolute atomic E-state index is 0. The smallest absolute Gasteiger partial charge is 0.269 e. The molecular formula is C16H20BrNOS. The Labute approximate surface area is 135 Å². The normalized spacial score (nSPS) is 10.1. The second-order valence-electron chi connectivity index (χ2n) is 4.68. The lowest BCUT2D eigenvalue weighted by molar-refractivity contribution is -0.667. The van der Waals surface area contributed by atoms with Crippen LogP contribution in [0.1, 0.15) is 31.7 Å². The van der Waals surface area contributed by atoms with E-state index in [9.17, 15) is 4.79 Å². The summed E-state index contributed by atoms with van der Waals surface area (Å²) in [7, 11) is 0. The van der Waals surface area contributed by atoms with Gasteiger partial charge in [0.25, 0.3) is 5.01 Å². The highest BCUT2D eigenvalue weighted by atomic mass is 79.9. The predicted molar refractivity (Wildman–Crippen MR) is 79.2 cm³/mol. The molecule has 0 spiro atoms. The van der Waals surface area contributed by atoms with Crippen LogP contribution in [0.5, 0.6) is 0 Å². The number of aldehydes is 1. The number of aromatic nitrogens is 1. The minimum atomic E-state index is 0. The van der Waals surface area contributed by atoms with Gasteiger partial charge in [-0.3, -0.25) is 4.79 Å². The fourth-order valence-corrected chi connectivity index (χ4v) is 3.03. The molecule has 0 N–H and O–H groups in total. The monoisotopic (exact) mass is 353 g/mol. The van der Waals surface area contributed by atoms with Crippen molar-refractivity contribution in [3.05, 3.63) is 41.4 Å². The highest BCUT2D eigenvalue weighted by molar-refractivity contribution is 7.12. The number of carbonyl (C=O) groups is 1. The van der Waals surface area contributed by atoms with Gasteiger partial charge in [-0.2, -0.15) is 4.57 Å². The van der Waals surface area contributed by atoms with E-state index in [4.69, 9.17) is 0 Å². The van der Waals surface area contributed by atoms with E-state index in [1.807, 2.05) is 16.1 Å². The molecular weight excluding hydrogens is 334 g/mol. The summed E-state index contributed by atoms with van der Waals surface area (Å²) in [5, 5.41) is 3.17. The SMILES string of the molecule is CCCCCc1ccc(-c2scc[n+]2CC=O)cc1.[Br-]. The molecule has 1 aromatic carbocycles.